The van der Waals surface area contributed by atoms with Gasteiger partial charge in [0.2, 0.25) is 0 Å². The topological polar surface area (TPSA) is 34.1 Å². The fourth-order valence-corrected chi connectivity index (χ4v) is 2.81. The van der Waals surface area contributed by atoms with Crippen molar-refractivity contribution in [3.8, 4) is 5.75 Å². The Morgan fingerprint density at radius 2 is 2.00 bits per heavy atom. The molecule has 1 aliphatic rings. The van der Waals surface area contributed by atoms with Crippen molar-refractivity contribution < 1.29 is 4.74 Å². The van der Waals surface area contributed by atoms with Gasteiger partial charge in [-0.2, -0.15) is 0 Å². The number of nitrogens with one attached hydrogen (secondary N) is 1. The van der Waals surface area contributed by atoms with Crippen molar-refractivity contribution in [2.45, 2.75) is 44.8 Å². The maximum absolute atomic E-state index is 6.05. The first-order valence-corrected chi connectivity index (χ1v) is 7.75. The summed E-state index contributed by atoms with van der Waals surface area (Å²) in [4.78, 5) is 4.39. The molecule has 1 fully saturated rings. The van der Waals surface area contributed by atoms with Crippen LogP contribution in [0.4, 0.5) is 5.69 Å². The van der Waals surface area contributed by atoms with Gasteiger partial charge in [-0.3, -0.25) is 4.98 Å². The number of anilines is 1. The lowest BCUT2D eigenvalue weighted by atomic mass is 10.2. The summed E-state index contributed by atoms with van der Waals surface area (Å²) in [5.41, 5.74) is 2.11. The SMILES string of the molecule is CC(Nc1cccc(OC2CCCC2)c1)c1ccccn1. The summed E-state index contributed by atoms with van der Waals surface area (Å²) >= 11 is 0. The molecule has 1 aromatic heterocycles. The Morgan fingerprint density at radius 1 is 1.14 bits per heavy atom. The highest BCUT2D eigenvalue weighted by Gasteiger charge is 2.16. The molecule has 1 aliphatic carbocycles. The highest BCUT2D eigenvalue weighted by atomic mass is 16.5. The quantitative estimate of drug-likeness (QED) is 0.871. The van der Waals surface area contributed by atoms with Gasteiger partial charge in [0, 0.05) is 18.0 Å². The first-order chi connectivity index (χ1) is 10.3. The van der Waals surface area contributed by atoms with Gasteiger partial charge in [0.1, 0.15) is 5.75 Å². The second-order valence-electron chi connectivity index (χ2n) is 5.67. The van der Waals surface area contributed by atoms with Crippen LogP contribution in [0.1, 0.15) is 44.3 Å². The van der Waals surface area contributed by atoms with Gasteiger partial charge < -0.3 is 10.1 Å². The molecule has 3 rings (SSSR count). The van der Waals surface area contributed by atoms with Crippen LogP contribution in [0.25, 0.3) is 0 Å². The summed E-state index contributed by atoms with van der Waals surface area (Å²) in [7, 11) is 0. The number of benzene rings is 1. The third kappa shape index (κ3) is 3.75. The van der Waals surface area contributed by atoms with Gasteiger partial charge >= 0.3 is 0 Å². The van der Waals surface area contributed by atoms with Gasteiger partial charge in [-0.05, 0) is 56.9 Å². The summed E-state index contributed by atoms with van der Waals surface area (Å²) in [5, 5.41) is 3.48. The number of hydrogen-bond acceptors (Lipinski definition) is 3. The van der Waals surface area contributed by atoms with Crippen molar-refractivity contribution in [2.24, 2.45) is 0 Å². The fourth-order valence-electron chi connectivity index (χ4n) is 2.81. The van der Waals surface area contributed by atoms with Gasteiger partial charge in [-0.1, -0.05) is 12.1 Å². The van der Waals surface area contributed by atoms with Crippen LogP contribution < -0.4 is 10.1 Å². The Morgan fingerprint density at radius 3 is 2.76 bits per heavy atom. The molecular weight excluding hydrogens is 260 g/mol. The largest absolute Gasteiger partial charge is 0.490 e. The maximum atomic E-state index is 6.05. The van der Waals surface area contributed by atoms with Crippen LogP contribution in [0.2, 0.25) is 0 Å². The molecule has 3 heteroatoms. The Labute approximate surface area is 126 Å². The molecule has 2 aromatic rings. The van der Waals surface area contributed by atoms with E-state index in [0.717, 1.165) is 17.1 Å². The molecule has 0 saturated heterocycles. The van der Waals surface area contributed by atoms with E-state index in [2.05, 4.69) is 29.4 Å². The molecule has 110 valence electrons. The molecule has 0 radical (unpaired) electrons. The lowest BCUT2D eigenvalue weighted by Crippen LogP contribution is -2.11. The van der Waals surface area contributed by atoms with Crippen LogP contribution in [0.15, 0.2) is 48.7 Å². The van der Waals surface area contributed by atoms with Crippen molar-refractivity contribution in [3.05, 3.63) is 54.4 Å². The molecule has 1 N–H and O–H groups in total. The molecule has 1 heterocycles. The standard InChI is InChI=1S/C18H22N2O/c1-14(18-11-4-5-12-19-18)20-15-7-6-10-17(13-15)21-16-8-2-3-9-16/h4-7,10-14,16,20H,2-3,8-9H2,1H3. The summed E-state index contributed by atoms with van der Waals surface area (Å²) in [5.74, 6) is 0.958. The normalized spacial score (nSPS) is 16.6. The zero-order chi connectivity index (χ0) is 14.5. The number of nitrogens with zero attached hydrogens (tertiary/aromatic N) is 1. The van der Waals surface area contributed by atoms with Crippen molar-refractivity contribution in [3.63, 3.8) is 0 Å². The third-order valence-corrected chi connectivity index (χ3v) is 3.95. The van der Waals surface area contributed by atoms with Crippen LogP contribution in [0, 0.1) is 0 Å². The Bertz CT molecular complexity index is 564. The number of hydrogen-bond donors (Lipinski definition) is 1. The average molecular weight is 282 g/mol. The zero-order valence-electron chi connectivity index (χ0n) is 12.5. The molecule has 1 saturated carbocycles. The van der Waals surface area contributed by atoms with Crippen molar-refractivity contribution in [1.29, 1.82) is 0 Å². The van der Waals surface area contributed by atoms with Gasteiger partial charge in [0.25, 0.3) is 0 Å². The highest BCUT2D eigenvalue weighted by molar-refractivity contribution is 5.49. The molecule has 3 nitrogen and oxygen atoms in total. The molecule has 0 spiro atoms. The minimum atomic E-state index is 0.174. The average Bonchev–Trinajstić information content (AvgIpc) is 3.01. The van der Waals surface area contributed by atoms with E-state index in [1.165, 1.54) is 25.7 Å². The van der Waals surface area contributed by atoms with Crippen LogP contribution in [0.3, 0.4) is 0 Å². The summed E-state index contributed by atoms with van der Waals surface area (Å²) < 4.78 is 6.05. The predicted octanol–water partition coefficient (Wildman–Crippen LogP) is 4.58. The van der Waals surface area contributed by atoms with Crippen LogP contribution in [0.5, 0.6) is 5.75 Å². The fraction of sp³-hybridized carbons (Fsp3) is 0.389. The van der Waals surface area contributed by atoms with Gasteiger partial charge in [-0.25, -0.2) is 0 Å². The van der Waals surface area contributed by atoms with Crippen molar-refractivity contribution in [2.75, 3.05) is 5.32 Å². The number of rotatable bonds is 5. The lowest BCUT2D eigenvalue weighted by Gasteiger charge is -2.17. The summed E-state index contributed by atoms with van der Waals surface area (Å²) in [6.45, 7) is 2.12. The van der Waals surface area contributed by atoms with Crippen molar-refractivity contribution in [1.82, 2.24) is 4.98 Å². The summed E-state index contributed by atoms with van der Waals surface area (Å²) in [6.07, 6.45) is 7.17. The molecule has 0 amide bonds. The number of aromatic nitrogens is 1. The van der Waals surface area contributed by atoms with Crippen LogP contribution in [-0.4, -0.2) is 11.1 Å². The summed E-state index contributed by atoms with van der Waals surface area (Å²) in [6, 6.07) is 14.4. The molecule has 21 heavy (non-hydrogen) atoms. The smallest absolute Gasteiger partial charge is 0.121 e. The predicted molar refractivity (Wildman–Crippen MR) is 85.6 cm³/mol. The zero-order valence-corrected chi connectivity index (χ0v) is 12.5. The van der Waals surface area contributed by atoms with Crippen LogP contribution >= 0.6 is 0 Å². The van der Waals surface area contributed by atoms with Gasteiger partial charge in [0.15, 0.2) is 0 Å². The Balaban J connectivity index is 1.65. The minimum absolute atomic E-state index is 0.174. The van der Waals surface area contributed by atoms with E-state index >= 15 is 0 Å². The van der Waals surface area contributed by atoms with E-state index in [-0.39, 0.29) is 6.04 Å². The molecule has 1 unspecified atom stereocenters. The highest BCUT2D eigenvalue weighted by Crippen LogP contribution is 2.27. The maximum Gasteiger partial charge on any atom is 0.121 e. The molecular formula is C18H22N2O. The van der Waals surface area contributed by atoms with Crippen molar-refractivity contribution >= 4 is 5.69 Å². The van der Waals surface area contributed by atoms with E-state index in [9.17, 15) is 0 Å². The van der Waals surface area contributed by atoms with Gasteiger partial charge in [0.05, 0.1) is 17.8 Å². The number of pyridine rings is 1. The molecule has 0 aliphatic heterocycles. The Kier molecular flexibility index (Phi) is 4.39. The van der Waals surface area contributed by atoms with Crippen LogP contribution in [-0.2, 0) is 0 Å². The van der Waals surface area contributed by atoms with E-state index in [0.29, 0.717) is 6.10 Å². The monoisotopic (exact) mass is 282 g/mol. The number of ether oxygens (including phenoxy) is 1. The van der Waals surface area contributed by atoms with Gasteiger partial charge in [-0.15, -0.1) is 0 Å². The first-order valence-electron chi connectivity index (χ1n) is 7.75. The third-order valence-electron chi connectivity index (χ3n) is 3.95. The van der Waals surface area contributed by atoms with E-state index in [1.807, 2.05) is 36.5 Å². The van der Waals surface area contributed by atoms with E-state index < -0.39 is 0 Å². The second kappa shape index (κ2) is 6.61. The van der Waals surface area contributed by atoms with E-state index in [4.69, 9.17) is 4.74 Å². The minimum Gasteiger partial charge on any atom is -0.490 e. The lowest BCUT2D eigenvalue weighted by molar-refractivity contribution is 0.210. The first kappa shape index (κ1) is 13.9. The van der Waals surface area contributed by atoms with E-state index in [1.54, 1.807) is 0 Å². The molecule has 1 atom stereocenters. The second-order valence-corrected chi connectivity index (χ2v) is 5.67. The molecule has 1 aromatic carbocycles. The Hall–Kier alpha value is -2.03. The molecule has 0 bridgehead atoms.